The Morgan fingerprint density at radius 2 is 2.22 bits per heavy atom. The van der Waals surface area contributed by atoms with Gasteiger partial charge < -0.3 is 15.0 Å². The quantitative estimate of drug-likeness (QED) is 0.577. The molecule has 0 saturated heterocycles. The number of nitrogens with zero attached hydrogens (tertiary/aromatic N) is 2. The molecule has 0 unspecified atom stereocenters. The van der Waals surface area contributed by atoms with E-state index >= 15 is 0 Å². The van der Waals surface area contributed by atoms with Gasteiger partial charge in [-0.2, -0.15) is 0 Å². The molecular formula is C10H13N3O5. The number of amides is 1. The maximum Gasteiger partial charge on any atom is 0.323 e. The van der Waals surface area contributed by atoms with Crippen LogP contribution in [0.2, 0.25) is 0 Å². The van der Waals surface area contributed by atoms with Gasteiger partial charge in [0.05, 0.1) is 11.1 Å². The Morgan fingerprint density at radius 1 is 1.56 bits per heavy atom. The number of aliphatic carboxylic acids is 1. The summed E-state index contributed by atoms with van der Waals surface area (Å²) in [6, 6.07) is 1.09. The van der Waals surface area contributed by atoms with Gasteiger partial charge in [0.25, 0.3) is 11.6 Å². The van der Waals surface area contributed by atoms with E-state index in [1.165, 1.54) is 0 Å². The van der Waals surface area contributed by atoms with Gasteiger partial charge in [-0.1, -0.05) is 6.92 Å². The third kappa shape index (κ3) is 3.30. The van der Waals surface area contributed by atoms with Gasteiger partial charge in [0.2, 0.25) is 0 Å². The van der Waals surface area contributed by atoms with E-state index in [1.54, 1.807) is 6.92 Å². The number of carboxylic acids is 1. The summed E-state index contributed by atoms with van der Waals surface area (Å²) in [5.41, 5.74) is -0.221. The monoisotopic (exact) mass is 255 g/mol. The molecule has 0 aromatic carbocycles. The molecule has 0 fully saturated rings. The van der Waals surface area contributed by atoms with Crippen LogP contribution in [0, 0.1) is 10.1 Å². The molecule has 8 nitrogen and oxygen atoms in total. The maximum atomic E-state index is 11.9. The minimum atomic E-state index is -1.13. The van der Waals surface area contributed by atoms with Gasteiger partial charge in [0.15, 0.2) is 0 Å². The van der Waals surface area contributed by atoms with E-state index in [2.05, 4.69) is 4.98 Å². The van der Waals surface area contributed by atoms with Crippen LogP contribution in [0.3, 0.4) is 0 Å². The highest BCUT2D eigenvalue weighted by Gasteiger charge is 2.21. The van der Waals surface area contributed by atoms with Gasteiger partial charge in [-0.3, -0.25) is 19.7 Å². The predicted molar refractivity (Wildman–Crippen MR) is 61.3 cm³/mol. The SMILES string of the molecule is CCCN(CC(=O)O)C(=O)c1cc([N+](=O)[O-])c[nH]1. The number of hydrogen-bond acceptors (Lipinski definition) is 4. The largest absolute Gasteiger partial charge is 0.480 e. The molecule has 18 heavy (non-hydrogen) atoms. The van der Waals surface area contributed by atoms with Crippen LogP contribution in [0.15, 0.2) is 12.3 Å². The molecule has 0 aliphatic heterocycles. The van der Waals surface area contributed by atoms with E-state index in [1.807, 2.05) is 0 Å². The van der Waals surface area contributed by atoms with Crippen molar-refractivity contribution in [2.45, 2.75) is 13.3 Å². The Morgan fingerprint density at radius 3 is 2.67 bits per heavy atom. The fourth-order valence-electron chi connectivity index (χ4n) is 1.47. The molecule has 0 radical (unpaired) electrons. The number of carboxylic acid groups (broad SMARTS) is 1. The molecule has 1 aromatic rings. The number of H-pyrrole nitrogens is 1. The minimum absolute atomic E-state index is 0.0106. The molecule has 8 heteroatoms. The Balaban J connectivity index is 2.87. The smallest absolute Gasteiger partial charge is 0.323 e. The number of carbonyl (C=O) groups is 2. The summed E-state index contributed by atoms with van der Waals surface area (Å²) >= 11 is 0. The molecule has 1 amide bonds. The molecular weight excluding hydrogens is 242 g/mol. The predicted octanol–water partition coefficient (Wildman–Crippen LogP) is 0.860. The minimum Gasteiger partial charge on any atom is -0.480 e. The topological polar surface area (TPSA) is 117 Å². The zero-order valence-corrected chi connectivity index (χ0v) is 9.75. The van der Waals surface area contributed by atoms with Crippen molar-refractivity contribution < 1.29 is 19.6 Å². The number of rotatable bonds is 6. The third-order valence-electron chi connectivity index (χ3n) is 2.22. The highest BCUT2D eigenvalue weighted by molar-refractivity contribution is 5.94. The maximum absolute atomic E-state index is 11.9. The van der Waals surface area contributed by atoms with Crippen molar-refractivity contribution in [2.75, 3.05) is 13.1 Å². The summed E-state index contributed by atoms with van der Waals surface area (Å²) in [4.78, 5) is 36.0. The summed E-state index contributed by atoms with van der Waals surface area (Å²) in [6.07, 6.45) is 1.69. The lowest BCUT2D eigenvalue weighted by atomic mass is 10.3. The van der Waals surface area contributed by atoms with Crippen molar-refractivity contribution in [1.29, 1.82) is 0 Å². The van der Waals surface area contributed by atoms with Gasteiger partial charge >= 0.3 is 5.97 Å². The zero-order chi connectivity index (χ0) is 13.7. The second-order valence-corrected chi connectivity index (χ2v) is 3.65. The molecule has 1 heterocycles. The van der Waals surface area contributed by atoms with Crippen molar-refractivity contribution in [3.05, 3.63) is 28.1 Å². The van der Waals surface area contributed by atoms with Crippen LogP contribution >= 0.6 is 0 Å². The van der Waals surface area contributed by atoms with Crippen LogP contribution in [0.4, 0.5) is 5.69 Å². The van der Waals surface area contributed by atoms with Gasteiger partial charge in [-0.05, 0) is 6.42 Å². The molecule has 0 aliphatic carbocycles. The Labute approximate surface area is 102 Å². The van der Waals surface area contributed by atoms with Crippen LogP contribution in [0.5, 0.6) is 0 Å². The van der Waals surface area contributed by atoms with Gasteiger partial charge in [0, 0.05) is 12.6 Å². The number of hydrogen-bond donors (Lipinski definition) is 2. The number of aromatic nitrogens is 1. The van der Waals surface area contributed by atoms with Crippen LogP contribution in [0.1, 0.15) is 23.8 Å². The van der Waals surface area contributed by atoms with Crippen LogP contribution in [0.25, 0.3) is 0 Å². The standard InChI is InChI=1S/C10H13N3O5/c1-2-3-12(6-9(14)15)10(16)8-4-7(5-11-8)13(17)18/h4-5,11H,2-3,6H2,1H3,(H,14,15). The van der Waals surface area contributed by atoms with Crippen molar-refractivity contribution in [1.82, 2.24) is 9.88 Å². The summed E-state index contributed by atoms with van der Waals surface area (Å²) in [5.74, 6) is -1.69. The third-order valence-corrected chi connectivity index (χ3v) is 2.22. The number of aromatic amines is 1. The second kappa shape index (κ2) is 5.80. The molecule has 0 aliphatic rings. The van der Waals surface area contributed by atoms with Crippen molar-refractivity contribution in [3.8, 4) is 0 Å². The summed E-state index contributed by atoms with van der Waals surface area (Å²) in [5, 5.41) is 19.2. The van der Waals surface area contributed by atoms with E-state index in [9.17, 15) is 19.7 Å². The van der Waals surface area contributed by atoms with E-state index in [0.29, 0.717) is 6.42 Å². The van der Waals surface area contributed by atoms with E-state index in [4.69, 9.17) is 5.11 Å². The molecule has 0 atom stereocenters. The summed E-state index contributed by atoms with van der Waals surface area (Å²) < 4.78 is 0. The first-order valence-corrected chi connectivity index (χ1v) is 5.29. The number of carbonyl (C=O) groups excluding carboxylic acids is 1. The average Bonchev–Trinajstić information content (AvgIpc) is 2.76. The highest BCUT2D eigenvalue weighted by Crippen LogP contribution is 2.14. The first-order valence-electron chi connectivity index (χ1n) is 5.29. The molecule has 0 bridgehead atoms. The van der Waals surface area contributed by atoms with Crippen molar-refractivity contribution >= 4 is 17.6 Å². The summed E-state index contributed by atoms with van der Waals surface area (Å²) in [7, 11) is 0. The summed E-state index contributed by atoms with van der Waals surface area (Å²) in [6.45, 7) is 1.65. The second-order valence-electron chi connectivity index (χ2n) is 3.65. The lowest BCUT2D eigenvalue weighted by Crippen LogP contribution is -2.36. The molecule has 1 aromatic heterocycles. The molecule has 0 saturated carbocycles. The van der Waals surface area contributed by atoms with Crippen LogP contribution in [-0.2, 0) is 4.79 Å². The van der Waals surface area contributed by atoms with E-state index in [-0.39, 0.29) is 17.9 Å². The van der Waals surface area contributed by atoms with Crippen molar-refractivity contribution in [2.24, 2.45) is 0 Å². The van der Waals surface area contributed by atoms with Gasteiger partial charge in [-0.15, -0.1) is 0 Å². The van der Waals surface area contributed by atoms with Crippen LogP contribution in [-0.4, -0.2) is 44.9 Å². The lowest BCUT2D eigenvalue weighted by molar-refractivity contribution is -0.384. The fraction of sp³-hybridized carbons (Fsp3) is 0.400. The van der Waals surface area contributed by atoms with Gasteiger partial charge in [-0.25, -0.2) is 0 Å². The zero-order valence-electron chi connectivity index (χ0n) is 9.75. The van der Waals surface area contributed by atoms with Crippen molar-refractivity contribution in [3.63, 3.8) is 0 Å². The Hall–Kier alpha value is -2.38. The molecule has 98 valence electrons. The normalized spacial score (nSPS) is 10.1. The van der Waals surface area contributed by atoms with Crippen LogP contribution < -0.4 is 0 Å². The molecule has 1 rings (SSSR count). The number of nitro groups is 1. The van der Waals surface area contributed by atoms with Gasteiger partial charge in [0.1, 0.15) is 12.2 Å². The molecule has 0 spiro atoms. The first-order chi connectivity index (χ1) is 8.45. The fourth-order valence-corrected chi connectivity index (χ4v) is 1.47. The lowest BCUT2D eigenvalue weighted by Gasteiger charge is -2.18. The number of nitrogens with one attached hydrogen (secondary N) is 1. The van der Waals surface area contributed by atoms with E-state index in [0.717, 1.165) is 17.2 Å². The highest BCUT2D eigenvalue weighted by atomic mass is 16.6. The Bertz CT molecular complexity index is 468. The first kappa shape index (κ1) is 13.7. The van der Waals surface area contributed by atoms with E-state index < -0.39 is 23.3 Å². The Kier molecular flexibility index (Phi) is 4.41. The average molecular weight is 255 g/mol. The molecule has 2 N–H and O–H groups in total.